The highest BCUT2D eigenvalue weighted by Crippen LogP contribution is 2.17. The number of carbonyl (C=O) groups excluding carboxylic acids is 1. The topological polar surface area (TPSA) is 75.6 Å². The van der Waals surface area contributed by atoms with Gasteiger partial charge in [-0.05, 0) is 32.0 Å². The molecular formula is C14H18BrNO4. The Bertz CT molecular complexity index is 488. The van der Waals surface area contributed by atoms with Crippen LogP contribution in [-0.2, 0) is 9.59 Å². The summed E-state index contributed by atoms with van der Waals surface area (Å²) in [7, 11) is 0. The van der Waals surface area contributed by atoms with E-state index in [1.807, 2.05) is 18.2 Å². The van der Waals surface area contributed by atoms with Crippen molar-refractivity contribution in [2.24, 2.45) is 5.41 Å². The van der Waals surface area contributed by atoms with Crippen molar-refractivity contribution in [1.82, 2.24) is 5.32 Å². The number of halogens is 1. The molecule has 0 heterocycles. The maximum atomic E-state index is 11.6. The number of nitrogens with one attached hydrogen (secondary N) is 1. The molecule has 0 aliphatic rings. The summed E-state index contributed by atoms with van der Waals surface area (Å²) in [5.41, 5.74) is -0.971. The van der Waals surface area contributed by atoms with Crippen LogP contribution in [0.25, 0.3) is 0 Å². The van der Waals surface area contributed by atoms with Gasteiger partial charge < -0.3 is 15.2 Å². The van der Waals surface area contributed by atoms with Gasteiger partial charge >= 0.3 is 5.97 Å². The Morgan fingerprint density at radius 2 is 2.10 bits per heavy atom. The molecule has 1 aromatic carbocycles. The van der Waals surface area contributed by atoms with E-state index in [4.69, 9.17) is 9.84 Å². The summed E-state index contributed by atoms with van der Waals surface area (Å²) in [6.45, 7) is 3.47. The predicted octanol–water partition coefficient (Wildman–Crippen LogP) is 2.45. The molecule has 2 N–H and O–H groups in total. The molecule has 0 saturated carbocycles. The second-order valence-electron chi connectivity index (χ2n) is 5.02. The summed E-state index contributed by atoms with van der Waals surface area (Å²) in [6, 6.07) is 7.34. The van der Waals surface area contributed by atoms with Crippen LogP contribution in [-0.4, -0.2) is 30.1 Å². The van der Waals surface area contributed by atoms with Gasteiger partial charge in [-0.15, -0.1) is 0 Å². The van der Waals surface area contributed by atoms with E-state index >= 15 is 0 Å². The number of aliphatic carboxylic acids is 1. The molecule has 0 spiro atoms. The minimum atomic E-state index is -0.971. The summed E-state index contributed by atoms with van der Waals surface area (Å²) in [5, 5.41) is 11.5. The minimum absolute atomic E-state index is 0.0953. The van der Waals surface area contributed by atoms with Crippen molar-refractivity contribution >= 4 is 27.8 Å². The zero-order chi connectivity index (χ0) is 15.2. The quantitative estimate of drug-likeness (QED) is 0.797. The molecule has 0 fully saturated rings. The number of amides is 1. The highest BCUT2D eigenvalue weighted by atomic mass is 79.9. The Labute approximate surface area is 126 Å². The SMILES string of the molecule is CC(C)(CNC(=O)CCOc1cccc(Br)c1)C(=O)O. The first-order valence-electron chi connectivity index (χ1n) is 6.20. The Morgan fingerprint density at radius 1 is 1.40 bits per heavy atom. The normalized spacial score (nSPS) is 10.9. The van der Waals surface area contributed by atoms with Gasteiger partial charge in [0.1, 0.15) is 5.75 Å². The lowest BCUT2D eigenvalue weighted by atomic mass is 9.94. The van der Waals surface area contributed by atoms with Crippen LogP contribution in [0.5, 0.6) is 5.75 Å². The number of ether oxygens (including phenoxy) is 1. The first-order valence-corrected chi connectivity index (χ1v) is 6.99. The van der Waals surface area contributed by atoms with Crippen molar-refractivity contribution in [1.29, 1.82) is 0 Å². The third kappa shape index (κ3) is 5.61. The molecule has 1 rings (SSSR count). The van der Waals surface area contributed by atoms with Crippen molar-refractivity contribution in [3.8, 4) is 5.75 Å². The number of benzene rings is 1. The van der Waals surface area contributed by atoms with Gasteiger partial charge in [0.05, 0.1) is 18.4 Å². The van der Waals surface area contributed by atoms with Crippen LogP contribution in [0.15, 0.2) is 28.7 Å². The first kappa shape index (κ1) is 16.5. The van der Waals surface area contributed by atoms with Gasteiger partial charge in [-0.25, -0.2) is 0 Å². The third-order valence-corrected chi connectivity index (χ3v) is 3.19. The van der Waals surface area contributed by atoms with Crippen molar-refractivity contribution in [2.75, 3.05) is 13.2 Å². The fourth-order valence-corrected chi connectivity index (χ4v) is 1.68. The lowest BCUT2D eigenvalue weighted by molar-refractivity contribution is -0.146. The van der Waals surface area contributed by atoms with Gasteiger partial charge in [0.15, 0.2) is 0 Å². The molecular weight excluding hydrogens is 326 g/mol. The first-order chi connectivity index (χ1) is 9.31. The smallest absolute Gasteiger partial charge is 0.310 e. The Kier molecular flexibility index (Phi) is 6.01. The van der Waals surface area contributed by atoms with E-state index in [0.717, 1.165) is 4.47 Å². The highest BCUT2D eigenvalue weighted by molar-refractivity contribution is 9.10. The Hall–Kier alpha value is -1.56. The summed E-state index contributed by atoms with van der Waals surface area (Å²) in [4.78, 5) is 22.5. The average Bonchev–Trinajstić information content (AvgIpc) is 2.36. The number of carboxylic acids is 1. The maximum Gasteiger partial charge on any atom is 0.310 e. The minimum Gasteiger partial charge on any atom is -0.493 e. The number of hydrogen-bond acceptors (Lipinski definition) is 3. The number of carboxylic acid groups (broad SMARTS) is 1. The average molecular weight is 344 g/mol. The van der Waals surface area contributed by atoms with Crippen molar-refractivity contribution in [3.05, 3.63) is 28.7 Å². The molecule has 0 atom stereocenters. The second kappa shape index (κ2) is 7.28. The molecule has 1 amide bonds. The van der Waals surface area contributed by atoms with Gasteiger partial charge in [0.2, 0.25) is 5.91 Å². The van der Waals surface area contributed by atoms with Gasteiger partial charge in [0.25, 0.3) is 0 Å². The fraction of sp³-hybridized carbons (Fsp3) is 0.429. The standard InChI is InChI=1S/C14H18BrNO4/c1-14(2,13(18)19)9-16-12(17)6-7-20-11-5-3-4-10(15)8-11/h3-5,8H,6-7,9H2,1-2H3,(H,16,17)(H,18,19). The van der Waals surface area contributed by atoms with Gasteiger partial charge in [-0.2, -0.15) is 0 Å². The van der Waals surface area contributed by atoms with Crippen molar-refractivity contribution in [3.63, 3.8) is 0 Å². The summed E-state index contributed by atoms with van der Waals surface area (Å²) < 4.78 is 6.33. The maximum absolute atomic E-state index is 11.6. The fourth-order valence-electron chi connectivity index (χ4n) is 1.30. The molecule has 0 radical (unpaired) electrons. The van der Waals surface area contributed by atoms with E-state index in [9.17, 15) is 9.59 Å². The summed E-state index contributed by atoms with van der Waals surface area (Å²) >= 11 is 3.33. The molecule has 110 valence electrons. The molecule has 0 saturated heterocycles. The van der Waals surface area contributed by atoms with Crippen LogP contribution in [0.2, 0.25) is 0 Å². The molecule has 0 unspecified atom stereocenters. The monoisotopic (exact) mass is 343 g/mol. The van der Waals surface area contributed by atoms with Crippen LogP contribution in [0.1, 0.15) is 20.3 Å². The Morgan fingerprint density at radius 3 is 2.70 bits per heavy atom. The molecule has 6 heteroatoms. The van der Waals surface area contributed by atoms with Crippen molar-refractivity contribution < 1.29 is 19.4 Å². The van der Waals surface area contributed by atoms with Crippen LogP contribution in [0.4, 0.5) is 0 Å². The molecule has 5 nitrogen and oxygen atoms in total. The zero-order valence-electron chi connectivity index (χ0n) is 11.5. The Balaban J connectivity index is 2.29. The van der Waals surface area contributed by atoms with Gasteiger partial charge in [-0.3, -0.25) is 9.59 Å². The van der Waals surface area contributed by atoms with E-state index in [2.05, 4.69) is 21.2 Å². The van der Waals surface area contributed by atoms with Crippen LogP contribution >= 0.6 is 15.9 Å². The van der Waals surface area contributed by atoms with E-state index in [0.29, 0.717) is 5.75 Å². The van der Waals surface area contributed by atoms with Gasteiger partial charge in [-0.1, -0.05) is 22.0 Å². The number of hydrogen-bond donors (Lipinski definition) is 2. The van der Waals surface area contributed by atoms with Crippen LogP contribution < -0.4 is 10.1 Å². The lowest BCUT2D eigenvalue weighted by Crippen LogP contribution is -2.39. The zero-order valence-corrected chi connectivity index (χ0v) is 13.1. The molecule has 0 aliphatic carbocycles. The summed E-state index contributed by atoms with van der Waals surface area (Å²) in [6.07, 6.45) is 0.183. The summed E-state index contributed by atoms with van der Waals surface area (Å²) in [5.74, 6) is -0.490. The predicted molar refractivity (Wildman–Crippen MR) is 78.7 cm³/mol. The van der Waals surface area contributed by atoms with E-state index in [1.165, 1.54) is 0 Å². The third-order valence-electron chi connectivity index (χ3n) is 2.70. The molecule has 0 bridgehead atoms. The van der Waals surface area contributed by atoms with E-state index < -0.39 is 11.4 Å². The van der Waals surface area contributed by atoms with Crippen LogP contribution in [0, 0.1) is 5.41 Å². The molecule has 0 aromatic heterocycles. The van der Waals surface area contributed by atoms with Crippen LogP contribution in [0.3, 0.4) is 0 Å². The molecule has 1 aromatic rings. The molecule has 0 aliphatic heterocycles. The largest absolute Gasteiger partial charge is 0.493 e. The highest BCUT2D eigenvalue weighted by Gasteiger charge is 2.27. The second-order valence-corrected chi connectivity index (χ2v) is 5.94. The van der Waals surface area contributed by atoms with Crippen molar-refractivity contribution in [2.45, 2.75) is 20.3 Å². The van der Waals surface area contributed by atoms with Gasteiger partial charge in [0, 0.05) is 11.0 Å². The number of rotatable bonds is 7. The number of carbonyl (C=O) groups is 2. The van der Waals surface area contributed by atoms with E-state index in [-0.39, 0.29) is 25.5 Å². The molecule has 20 heavy (non-hydrogen) atoms. The lowest BCUT2D eigenvalue weighted by Gasteiger charge is -2.19. The van der Waals surface area contributed by atoms with E-state index in [1.54, 1.807) is 19.9 Å².